The van der Waals surface area contributed by atoms with Gasteiger partial charge in [0.15, 0.2) is 9.84 Å². The molecule has 1 aliphatic carbocycles. The number of ether oxygens (including phenoxy) is 1. The summed E-state index contributed by atoms with van der Waals surface area (Å²) in [6.07, 6.45) is 5.20. The molecular formula is C13H19N3O4S. The molecule has 8 heteroatoms. The molecule has 1 amide bonds. The number of nitrogens with one attached hydrogen (secondary N) is 1. The van der Waals surface area contributed by atoms with Gasteiger partial charge in [-0.3, -0.25) is 9.89 Å². The molecule has 0 aromatic carbocycles. The van der Waals surface area contributed by atoms with Crippen LogP contribution in [0.1, 0.15) is 31.0 Å². The van der Waals surface area contributed by atoms with Crippen molar-refractivity contribution in [2.45, 2.75) is 30.2 Å². The van der Waals surface area contributed by atoms with Crippen molar-refractivity contribution in [3.05, 3.63) is 11.9 Å². The average Bonchev–Trinajstić information content (AvgIpc) is 3.09. The lowest BCUT2D eigenvalue weighted by Gasteiger charge is -2.35. The highest BCUT2D eigenvalue weighted by atomic mass is 32.2. The lowest BCUT2D eigenvalue weighted by atomic mass is 10.1. The summed E-state index contributed by atoms with van der Waals surface area (Å²) in [6, 6.07) is -0.405. The number of carbonyl (C=O) groups is 1. The van der Waals surface area contributed by atoms with Crippen LogP contribution < -0.4 is 0 Å². The average molecular weight is 313 g/mol. The first-order valence-corrected chi connectivity index (χ1v) is 8.96. The predicted molar refractivity (Wildman–Crippen MR) is 74.3 cm³/mol. The molecule has 2 aliphatic rings. The van der Waals surface area contributed by atoms with Gasteiger partial charge in [0.2, 0.25) is 5.91 Å². The first kappa shape index (κ1) is 14.5. The molecule has 7 nitrogen and oxygen atoms in total. The van der Waals surface area contributed by atoms with E-state index in [9.17, 15) is 13.2 Å². The van der Waals surface area contributed by atoms with Crippen LogP contribution in [0.3, 0.4) is 0 Å². The van der Waals surface area contributed by atoms with Gasteiger partial charge in [-0.1, -0.05) is 0 Å². The van der Waals surface area contributed by atoms with Gasteiger partial charge in [0.1, 0.15) is 4.90 Å². The summed E-state index contributed by atoms with van der Waals surface area (Å²) >= 11 is 0. The van der Waals surface area contributed by atoms with E-state index in [-0.39, 0.29) is 10.8 Å². The van der Waals surface area contributed by atoms with E-state index in [2.05, 4.69) is 10.2 Å². The summed E-state index contributed by atoms with van der Waals surface area (Å²) in [5.74, 6) is 0.567. The molecule has 2 fully saturated rings. The second-order valence-corrected chi connectivity index (χ2v) is 7.73. The molecule has 3 rings (SSSR count). The van der Waals surface area contributed by atoms with Crippen molar-refractivity contribution in [2.24, 2.45) is 5.92 Å². The maximum atomic E-state index is 12.4. The zero-order valence-corrected chi connectivity index (χ0v) is 12.7. The molecule has 1 aromatic heterocycles. The van der Waals surface area contributed by atoms with Gasteiger partial charge in [-0.15, -0.1) is 0 Å². The van der Waals surface area contributed by atoms with E-state index in [0.717, 1.165) is 19.1 Å². The summed E-state index contributed by atoms with van der Waals surface area (Å²) in [4.78, 5) is 14.3. The number of H-pyrrole nitrogens is 1. The van der Waals surface area contributed by atoms with Crippen LogP contribution in [-0.2, 0) is 19.4 Å². The Morgan fingerprint density at radius 1 is 1.52 bits per heavy atom. The molecular weight excluding hydrogens is 294 g/mol. The Bertz CT molecular complexity index is 636. The third kappa shape index (κ3) is 3.11. The van der Waals surface area contributed by atoms with Gasteiger partial charge in [0.25, 0.3) is 0 Å². The summed E-state index contributed by atoms with van der Waals surface area (Å²) in [7, 11) is -3.39. The fraction of sp³-hybridized carbons (Fsp3) is 0.692. The van der Waals surface area contributed by atoms with E-state index >= 15 is 0 Å². The molecule has 1 saturated heterocycles. The Hall–Kier alpha value is -1.41. The maximum Gasteiger partial charge on any atom is 0.223 e. The normalized spacial score (nSPS) is 23.3. The molecule has 1 aromatic rings. The topological polar surface area (TPSA) is 92.4 Å². The van der Waals surface area contributed by atoms with Crippen LogP contribution in [0.4, 0.5) is 0 Å². The van der Waals surface area contributed by atoms with Gasteiger partial charge >= 0.3 is 0 Å². The number of carbonyl (C=O) groups excluding carboxylic acids is 1. The van der Waals surface area contributed by atoms with Crippen molar-refractivity contribution in [3.8, 4) is 0 Å². The van der Waals surface area contributed by atoms with E-state index in [0.29, 0.717) is 37.8 Å². The van der Waals surface area contributed by atoms with Crippen molar-refractivity contribution in [1.82, 2.24) is 15.1 Å². The van der Waals surface area contributed by atoms with Gasteiger partial charge in [0, 0.05) is 19.2 Å². The number of morpholine rings is 1. The predicted octanol–water partition coefficient (Wildman–Crippen LogP) is 0.513. The molecule has 0 unspecified atom stereocenters. The summed E-state index contributed by atoms with van der Waals surface area (Å²) in [5.41, 5.74) is 0.446. The Morgan fingerprint density at radius 3 is 2.95 bits per heavy atom. The standard InChI is InChI=1S/C13H19N3O4S/c1-21(18,19)11-7-14-15-13(11)10-8-20-5-4-16(10)12(17)6-9-2-3-9/h7,9-10H,2-6,8H2,1H3,(H,14,15)/t10-/m1/s1. The van der Waals surface area contributed by atoms with E-state index in [1.54, 1.807) is 4.90 Å². The number of amides is 1. The minimum atomic E-state index is -3.39. The molecule has 0 radical (unpaired) electrons. The maximum absolute atomic E-state index is 12.4. The van der Waals surface area contributed by atoms with Gasteiger partial charge in [-0.25, -0.2) is 8.42 Å². The van der Waals surface area contributed by atoms with Crippen LogP contribution in [0.25, 0.3) is 0 Å². The van der Waals surface area contributed by atoms with E-state index in [1.165, 1.54) is 6.20 Å². The number of aromatic nitrogens is 2. The number of hydrogen-bond acceptors (Lipinski definition) is 5. The Labute approximate surface area is 123 Å². The zero-order chi connectivity index (χ0) is 15.0. The number of sulfone groups is 1. The summed E-state index contributed by atoms with van der Waals surface area (Å²) < 4.78 is 29.1. The van der Waals surface area contributed by atoms with Crippen molar-refractivity contribution in [3.63, 3.8) is 0 Å². The molecule has 1 aliphatic heterocycles. The van der Waals surface area contributed by atoms with Crippen molar-refractivity contribution >= 4 is 15.7 Å². The zero-order valence-electron chi connectivity index (χ0n) is 11.9. The van der Waals surface area contributed by atoms with Gasteiger partial charge < -0.3 is 9.64 Å². The Kier molecular flexibility index (Phi) is 3.75. The van der Waals surface area contributed by atoms with Crippen molar-refractivity contribution < 1.29 is 17.9 Å². The van der Waals surface area contributed by atoms with Crippen LogP contribution in [0.2, 0.25) is 0 Å². The van der Waals surface area contributed by atoms with E-state index in [1.807, 2.05) is 0 Å². The lowest BCUT2D eigenvalue weighted by Crippen LogP contribution is -2.44. The van der Waals surface area contributed by atoms with Gasteiger partial charge in [0.05, 0.1) is 31.1 Å². The molecule has 0 bridgehead atoms. The SMILES string of the molecule is CS(=O)(=O)c1cn[nH]c1[C@H]1COCCN1C(=O)CC1CC1. The lowest BCUT2D eigenvalue weighted by molar-refractivity contribution is -0.140. The second-order valence-electron chi connectivity index (χ2n) is 5.75. The monoisotopic (exact) mass is 313 g/mol. The van der Waals surface area contributed by atoms with Crippen LogP contribution >= 0.6 is 0 Å². The number of aromatic amines is 1. The highest BCUT2D eigenvalue weighted by Gasteiger charge is 2.35. The number of nitrogens with zero attached hydrogens (tertiary/aromatic N) is 2. The van der Waals surface area contributed by atoms with Crippen molar-refractivity contribution in [2.75, 3.05) is 26.0 Å². The summed E-state index contributed by atoms with van der Waals surface area (Å²) in [5, 5.41) is 6.57. The van der Waals surface area contributed by atoms with Gasteiger partial charge in [-0.05, 0) is 18.8 Å². The first-order chi connectivity index (χ1) is 9.97. The molecule has 116 valence electrons. The van der Waals surface area contributed by atoms with Crippen LogP contribution in [-0.4, -0.2) is 55.4 Å². The molecule has 1 N–H and O–H groups in total. The molecule has 1 saturated carbocycles. The quantitative estimate of drug-likeness (QED) is 0.874. The minimum Gasteiger partial charge on any atom is -0.377 e. The fourth-order valence-electron chi connectivity index (χ4n) is 2.65. The smallest absolute Gasteiger partial charge is 0.223 e. The molecule has 0 spiro atoms. The van der Waals surface area contributed by atoms with E-state index in [4.69, 9.17) is 4.74 Å². The van der Waals surface area contributed by atoms with Crippen LogP contribution in [0, 0.1) is 5.92 Å². The third-order valence-electron chi connectivity index (χ3n) is 3.97. The van der Waals surface area contributed by atoms with E-state index < -0.39 is 15.9 Å². The van der Waals surface area contributed by atoms with Crippen molar-refractivity contribution in [1.29, 1.82) is 0 Å². The first-order valence-electron chi connectivity index (χ1n) is 7.07. The minimum absolute atomic E-state index is 0.0693. The molecule has 21 heavy (non-hydrogen) atoms. The Balaban J connectivity index is 1.87. The molecule has 2 heterocycles. The van der Waals surface area contributed by atoms with Crippen LogP contribution in [0.5, 0.6) is 0 Å². The second kappa shape index (κ2) is 5.42. The number of hydrogen-bond donors (Lipinski definition) is 1. The fourth-order valence-corrected chi connectivity index (χ4v) is 3.47. The third-order valence-corrected chi connectivity index (χ3v) is 5.10. The highest BCUT2D eigenvalue weighted by molar-refractivity contribution is 7.90. The Morgan fingerprint density at radius 2 is 2.29 bits per heavy atom. The number of rotatable bonds is 4. The van der Waals surface area contributed by atoms with Crippen LogP contribution in [0.15, 0.2) is 11.1 Å². The largest absolute Gasteiger partial charge is 0.377 e. The van der Waals surface area contributed by atoms with Gasteiger partial charge in [-0.2, -0.15) is 5.10 Å². The molecule has 1 atom stereocenters. The summed E-state index contributed by atoms with van der Waals surface area (Å²) in [6.45, 7) is 1.26. The highest BCUT2D eigenvalue weighted by Crippen LogP contribution is 2.35.